The van der Waals surface area contributed by atoms with Gasteiger partial charge in [-0.05, 0) is 37.1 Å². The summed E-state index contributed by atoms with van der Waals surface area (Å²) in [5, 5.41) is 6.63. The molecule has 0 bridgehead atoms. The first-order valence-electron chi connectivity index (χ1n) is 6.89. The van der Waals surface area contributed by atoms with Gasteiger partial charge in [0.25, 0.3) is 0 Å². The van der Waals surface area contributed by atoms with E-state index in [2.05, 4.69) is 31.4 Å². The fourth-order valence-electron chi connectivity index (χ4n) is 1.76. The van der Waals surface area contributed by atoms with Gasteiger partial charge in [0.2, 0.25) is 0 Å². The number of hydrogen-bond donors (Lipinski definition) is 2. The Morgan fingerprint density at radius 1 is 1.00 bits per heavy atom. The van der Waals surface area contributed by atoms with Crippen molar-refractivity contribution in [2.45, 2.75) is 39.5 Å². The molecule has 2 N–H and O–H groups in total. The van der Waals surface area contributed by atoms with Crippen molar-refractivity contribution in [1.82, 2.24) is 10.6 Å². The SMILES string of the molecule is CC(C)CNCC(C)NCc1ccc(C(F)(F)F)cc1. The largest absolute Gasteiger partial charge is 0.416 e. The van der Waals surface area contributed by atoms with Crippen LogP contribution in [0, 0.1) is 5.92 Å². The van der Waals surface area contributed by atoms with Crippen molar-refractivity contribution in [2.24, 2.45) is 5.92 Å². The predicted molar refractivity (Wildman–Crippen MR) is 75.5 cm³/mol. The lowest BCUT2D eigenvalue weighted by Gasteiger charge is -2.16. The summed E-state index contributed by atoms with van der Waals surface area (Å²) in [5.74, 6) is 0.608. The lowest BCUT2D eigenvalue weighted by molar-refractivity contribution is -0.137. The van der Waals surface area contributed by atoms with Crippen LogP contribution in [0.15, 0.2) is 24.3 Å². The number of hydrogen-bond acceptors (Lipinski definition) is 2. The van der Waals surface area contributed by atoms with E-state index in [0.717, 1.165) is 30.8 Å². The number of benzene rings is 1. The molecule has 2 nitrogen and oxygen atoms in total. The van der Waals surface area contributed by atoms with E-state index in [1.165, 1.54) is 12.1 Å². The molecular formula is C15H23F3N2. The summed E-state index contributed by atoms with van der Waals surface area (Å²) in [6.07, 6.45) is -4.26. The van der Waals surface area contributed by atoms with Crippen LogP contribution < -0.4 is 10.6 Å². The molecule has 20 heavy (non-hydrogen) atoms. The quantitative estimate of drug-likeness (QED) is 0.803. The van der Waals surface area contributed by atoms with Gasteiger partial charge in [-0.3, -0.25) is 0 Å². The molecule has 0 saturated heterocycles. The standard InChI is InChI=1S/C15H23F3N2/c1-11(2)8-19-9-12(3)20-10-13-4-6-14(7-5-13)15(16,17)18/h4-7,11-12,19-20H,8-10H2,1-3H3. The molecule has 0 fully saturated rings. The zero-order valence-corrected chi connectivity index (χ0v) is 12.2. The third kappa shape index (κ3) is 6.39. The molecule has 0 radical (unpaired) electrons. The lowest BCUT2D eigenvalue weighted by Crippen LogP contribution is -2.37. The summed E-state index contributed by atoms with van der Waals surface area (Å²) in [6.45, 7) is 8.73. The molecule has 0 heterocycles. The molecule has 0 aliphatic heterocycles. The maximum atomic E-state index is 12.4. The Bertz CT molecular complexity index is 385. The summed E-state index contributed by atoms with van der Waals surface area (Å²) in [7, 11) is 0. The molecule has 1 unspecified atom stereocenters. The minimum Gasteiger partial charge on any atom is -0.315 e. The molecule has 0 aliphatic carbocycles. The molecular weight excluding hydrogens is 265 g/mol. The zero-order chi connectivity index (χ0) is 15.2. The molecule has 1 rings (SSSR count). The lowest BCUT2D eigenvalue weighted by atomic mass is 10.1. The van der Waals surface area contributed by atoms with Gasteiger partial charge in [0.1, 0.15) is 0 Å². The van der Waals surface area contributed by atoms with Crippen molar-refractivity contribution in [1.29, 1.82) is 0 Å². The third-order valence-electron chi connectivity index (χ3n) is 2.94. The fraction of sp³-hybridized carbons (Fsp3) is 0.600. The fourth-order valence-corrected chi connectivity index (χ4v) is 1.76. The van der Waals surface area contributed by atoms with E-state index in [4.69, 9.17) is 0 Å². The summed E-state index contributed by atoms with van der Waals surface area (Å²) >= 11 is 0. The Kier molecular flexibility index (Phi) is 6.49. The van der Waals surface area contributed by atoms with E-state index in [1.807, 2.05) is 0 Å². The Hall–Kier alpha value is -1.07. The van der Waals surface area contributed by atoms with Gasteiger partial charge >= 0.3 is 6.18 Å². The topological polar surface area (TPSA) is 24.1 Å². The number of nitrogens with one attached hydrogen (secondary N) is 2. The Balaban J connectivity index is 2.34. The number of halogens is 3. The molecule has 5 heteroatoms. The molecule has 0 amide bonds. The first-order valence-corrected chi connectivity index (χ1v) is 6.89. The average molecular weight is 288 g/mol. The normalized spacial score (nSPS) is 13.8. The van der Waals surface area contributed by atoms with Crippen LogP contribution in [0.5, 0.6) is 0 Å². The second-order valence-electron chi connectivity index (χ2n) is 5.53. The van der Waals surface area contributed by atoms with Crippen molar-refractivity contribution < 1.29 is 13.2 Å². The highest BCUT2D eigenvalue weighted by molar-refractivity contribution is 5.24. The van der Waals surface area contributed by atoms with Crippen LogP contribution >= 0.6 is 0 Å². The van der Waals surface area contributed by atoms with Gasteiger partial charge in [0, 0.05) is 19.1 Å². The third-order valence-corrected chi connectivity index (χ3v) is 2.94. The first kappa shape index (κ1) is 17.0. The number of alkyl halides is 3. The van der Waals surface area contributed by atoms with Gasteiger partial charge in [-0.2, -0.15) is 13.2 Å². The summed E-state index contributed by atoms with van der Waals surface area (Å²) in [6, 6.07) is 5.56. The molecule has 0 saturated carbocycles. The van der Waals surface area contributed by atoms with Gasteiger partial charge in [0.05, 0.1) is 5.56 Å². The van der Waals surface area contributed by atoms with Crippen LogP contribution in [-0.2, 0) is 12.7 Å². The highest BCUT2D eigenvalue weighted by atomic mass is 19.4. The van der Waals surface area contributed by atoms with E-state index < -0.39 is 11.7 Å². The molecule has 1 aromatic rings. The summed E-state index contributed by atoms with van der Waals surface area (Å²) < 4.78 is 37.2. The van der Waals surface area contributed by atoms with Crippen LogP contribution in [0.3, 0.4) is 0 Å². The molecule has 114 valence electrons. The Labute approximate surface area is 118 Å². The van der Waals surface area contributed by atoms with E-state index in [-0.39, 0.29) is 6.04 Å². The Morgan fingerprint density at radius 2 is 1.60 bits per heavy atom. The maximum Gasteiger partial charge on any atom is 0.416 e. The second kappa shape index (κ2) is 7.64. The van der Waals surface area contributed by atoms with Crippen molar-refractivity contribution in [3.05, 3.63) is 35.4 Å². The van der Waals surface area contributed by atoms with Crippen LogP contribution in [0.25, 0.3) is 0 Å². The smallest absolute Gasteiger partial charge is 0.315 e. The molecule has 0 aliphatic rings. The second-order valence-corrected chi connectivity index (χ2v) is 5.53. The van der Waals surface area contributed by atoms with Crippen LogP contribution in [-0.4, -0.2) is 19.1 Å². The first-order chi connectivity index (χ1) is 9.29. The van der Waals surface area contributed by atoms with E-state index in [0.29, 0.717) is 12.5 Å². The number of rotatable bonds is 7. The van der Waals surface area contributed by atoms with Crippen LogP contribution in [0.4, 0.5) is 13.2 Å². The van der Waals surface area contributed by atoms with Crippen LogP contribution in [0.2, 0.25) is 0 Å². The summed E-state index contributed by atoms with van der Waals surface area (Å²) in [4.78, 5) is 0. The molecule has 1 atom stereocenters. The zero-order valence-electron chi connectivity index (χ0n) is 12.2. The minimum atomic E-state index is -4.26. The molecule has 1 aromatic carbocycles. The van der Waals surface area contributed by atoms with Crippen molar-refractivity contribution in [3.63, 3.8) is 0 Å². The van der Waals surface area contributed by atoms with E-state index in [9.17, 15) is 13.2 Å². The average Bonchev–Trinajstić information content (AvgIpc) is 2.35. The summed E-state index contributed by atoms with van der Waals surface area (Å²) in [5.41, 5.74) is 0.251. The van der Waals surface area contributed by atoms with Crippen molar-refractivity contribution in [2.75, 3.05) is 13.1 Å². The molecule has 0 spiro atoms. The van der Waals surface area contributed by atoms with Gasteiger partial charge in [-0.15, -0.1) is 0 Å². The highest BCUT2D eigenvalue weighted by Gasteiger charge is 2.29. The van der Waals surface area contributed by atoms with E-state index >= 15 is 0 Å². The predicted octanol–water partition coefficient (Wildman–Crippen LogP) is 3.43. The van der Waals surface area contributed by atoms with Crippen molar-refractivity contribution in [3.8, 4) is 0 Å². The van der Waals surface area contributed by atoms with Crippen molar-refractivity contribution >= 4 is 0 Å². The molecule has 0 aromatic heterocycles. The highest BCUT2D eigenvalue weighted by Crippen LogP contribution is 2.28. The van der Waals surface area contributed by atoms with E-state index in [1.54, 1.807) is 0 Å². The van der Waals surface area contributed by atoms with Gasteiger partial charge < -0.3 is 10.6 Å². The van der Waals surface area contributed by atoms with Gasteiger partial charge in [-0.1, -0.05) is 26.0 Å². The monoisotopic (exact) mass is 288 g/mol. The van der Waals surface area contributed by atoms with Gasteiger partial charge in [0.15, 0.2) is 0 Å². The maximum absolute atomic E-state index is 12.4. The minimum absolute atomic E-state index is 0.274. The van der Waals surface area contributed by atoms with Crippen LogP contribution in [0.1, 0.15) is 31.9 Å². The Morgan fingerprint density at radius 3 is 2.10 bits per heavy atom. The van der Waals surface area contributed by atoms with Gasteiger partial charge in [-0.25, -0.2) is 0 Å².